The van der Waals surface area contributed by atoms with Gasteiger partial charge in [0, 0.05) is 24.5 Å². The Bertz CT molecular complexity index is 559. The molecule has 2 saturated heterocycles. The molecule has 4 amide bonds. The van der Waals surface area contributed by atoms with E-state index in [2.05, 4.69) is 15.6 Å². The molecule has 0 radical (unpaired) electrons. The van der Waals surface area contributed by atoms with E-state index >= 15 is 0 Å². The fraction of sp³-hybridized carbons (Fsp3) is 0.333. The molecule has 1 aromatic rings. The van der Waals surface area contributed by atoms with E-state index in [1.165, 1.54) is 0 Å². The summed E-state index contributed by atoms with van der Waals surface area (Å²) in [6.07, 6.45) is 3.52. The predicted molar refractivity (Wildman–Crippen MR) is 64.2 cm³/mol. The van der Waals surface area contributed by atoms with Gasteiger partial charge in [-0.05, 0) is 18.6 Å². The number of carbonyl (C=O) groups is 3. The summed E-state index contributed by atoms with van der Waals surface area (Å²) in [5.41, 5.74) is -0.434. The van der Waals surface area contributed by atoms with E-state index in [0.717, 1.165) is 0 Å². The Morgan fingerprint density at radius 2 is 2.05 bits per heavy atom. The van der Waals surface area contributed by atoms with Crippen LogP contribution in [0.3, 0.4) is 0 Å². The standard InChI is InChI=1S/C12H12N4O3/c17-9(8-1-4-13-5-2-8)16-6-3-12(7-16)10(18)14-11(19)15-12/h1-2,4-5H,3,6-7H2,(H2,14,15,18,19). The Morgan fingerprint density at radius 3 is 2.68 bits per heavy atom. The highest BCUT2D eigenvalue weighted by Gasteiger charge is 2.51. The van der Waals surface area contributed by atoms with E-state index < -0.39 is 11.6 Å². The number of amides is 4. The van der Waals surface area contributed by atoms with Crippen LogP contribution >= 0.6 is 0 Å². The molecule has 2 aliphatic heterocycles. The van der Waals surface area contributed by atoms with E-state index in [1.54, 1.807) is 29.4 Å². The Kier molecular flexibility index (Phi) is 2.48. The lowest BCUT2D eigenvalue weighted by Gasteiger charge is -2.21. The van der Waals surface area contributed by atoms with Gasteiger partial charge in [-0.2, -0.15) is 0 Å². The van der Waals surface area contributed by atoms with E-state index in [0.29, 0.717) is 18.5 Å². The van der Waals surface area contributed by atoms with Crippen LogP contribution < -0.4 is 10.6 Å². The third-order valence-electron chi connectivity index (χ3n) is 3.50. The summed E-state index contributed by atoms with van der Waals surface area (Å²) >= 11 is 0. The molecule has 7 heteroatoms. The molecular formula is C12H12N4O3. The first kappa shape index (κ1) is 11.6. The van der Waals surface area contributed by atoms with Gasteiger partial charge in [-0.25, -0.2) is 4.79 Å². The summed E-state index contributed by atoms with van der Waals surface area (Å²) in [6.45, 7) is 0.639. The highest BCUT2D eigenvalue weighted by molar-refractivity contribution is 6.08. The minimum absolute atomic E-state index is 0.159. The zero-order chi connectivity index (χ0) is 13.5. The van der Waals surface area contributed by atoms with Gasteiger partial charge in [0.15, 0.2) is 0 Å². The van der Waals surface area contributed by atoms with Crippen molar-refractivity contribution in [2.24, 2.45) is 0 Å². The van der Waals surface area contributed by atoms with Gasteiger partial charge in [-0.1, -0.05) is 0 Å². The van der Waals surface area contributed by atoms with Crippen molar-refractivity contribution in [3.8, 4) is 0 Å². The number of nitrogens with one attached hydrogen (secondary N) is 2. The maximum Gasteiger partial charge on any atom is 0.322 e. The lowest BCUT2D eigenvalue weighted by molar-refractivity contribution is -0.123. The molecule has 0 aromatic carbocycles. The summed E-state index contributed by atoms with van der Waals surface area (Å²) in [5.74, 6) is -0.518. The van der Waals surface area contributed by atoms with Crippen molar-refractivity contribution in [2.75, 3.05) is 13.1 Å². The van der Waals surface area contributed by atoms with Gasteiger partial charge in [0.2, 0.25) is 0 Å². The average Bonchev–Trinajstić information content (AvgIpc) is 2.95. The van der Waals surface area contributed by atoms with Crippen molar-refractivity contribution in [3.05, 3.63) is 30.1 Å². The maximum absolute atomic E-state index is 12.2. The molecule has 19 heavy (non-hydrogen) atoms. The number of urea groups is 1. The van der Waals surface area contributed by atoms with Crippen molar-refractivity contribution in [3.63, 3.8) is 0 Å². The monoisotopic (exact) mass is 260 g/mol. The molecule has 1 spiro atoms. The summed E-state index contributed by atoms with van der Waals surface area (Å²) in [6, 6.07) is 2.75. The number of imide groups is 1. The largest absolute Gasteiger partial charge is 0.336 e. The van der Waals surface area contributed by atoms with Crippen molar-refractivity contribution in [1.29, 1.82) is 0 Å². The number of hydrogen-bond donors (Lipinski definition) is 2. The zero-order valence-corrected chi connectivity index (χ0v) is 10.0. The van der Waals surface area contributed by atoms with Crippen LogP contribution in [-0.2, 0) is 4.79 Å². The smallest absolute Gasteiger partial charge is 0.322 e. The van der Waals surface area contributed by atoms with E-state index in [4.69, 9.17) is 0 Å². The first-order valence-electron chi connectivity index (χ1n) is 5.94. The Labute approximate surface area is 109 Å². The average molecular weight is 260 g/mol. The number of carbonyl (C=O) groups excluding carboxylic acids is 3. The molecule has 1 unspecified atom stereocenters. The summed E-state index contributed by atoms with van der Waals surface area (Å²) in [5, 5.41) is 4.82. The number of likely N-dealkylation sites (tertiary alicyclic amines) is 1. The van der Waals surface area contributed by atoms with Gasteiger partial charge in [0.25, 0.3) is 11.8 Å². The number of nitrogens with zero attached hydrogens (tertiary/aromatic N) is 2. The predicted octanol–water partition coefficient (Wildman–Crippen LogP) is -0.494. The highest BCUT2D eigenvalue weighted by Crippen LogP contribution is 2.25. The van der Waals surface area contributed by atoms with Gasteiger partial charge < -0.3 is 10.2 Å². The summed E-state index contributed by atoms with van der Waals surface area (Å²) in [4.78, 5) is 40.6. The molecule has 2 N–H and O–H groups in total. The molecule has 0 aliphatic carbocycles. The van der Waals surface area contributed by atoms with E-state index in [1.807, 2.05) is 0 Å². The first-order chi connectivity index (χ1) is 9.11. The molecule has 3 rings (SSSR count). The van der Waals surface area contributed by atoms with Crippen molar-refractivity contribution in [1.82, 2.24) is 20.5 Å². The lowest BCUT2D eigenvalue weighted by atomic mass is 9.99. The SMILES string of the molecule is O=C1NC(=O)C2(CCN(C(=O)c3ccncc3)C2)N1. The quantitative estimate of drug-likeness (QED) is 0.666. The van der Waals surface area contributed by atoms with Crippen LogP contribution in [0.1, 0.15) is 16.8 Å². The van der Waals surface area contributed by atoms with Gasteiger partial charge in [0.05, 0.1) is 6.54 Å². The minimum Gasteiger partial charge on any atom is -0.336 e. The molecule has 0 bridgehead atoms. The fourth-order valence-electron chi connectivity index (χ4n) is 2.48. The number of hydrogen-bond acceptors (Lipinski definition) is 4. The zero-order valence-electron chi connectivity index (χ0n) is 10.0. The lowest BCUT2D eigenvalue weighted by Crippen LogP contribution is -2.49. The number of aromatic nitrogens is 1. The highest BCUT2D eigenvalue weighted by atomic mass is 16.2. The summed E-state index contributed by atoms with van der Waals surface area (Å²) < 4.78 is 0. The van der Waals surface area contributed by atoms with Gasteiger partial charge >= 0.3 is 6.03 Å². The molecule has 3 heterocycles. The van der Waals surface area contributed by atoms with Crippen LogP contribution in [0.25, 0.3) is 0 Å². The normalized spacial score (nSPS) is 25.6. The topological polar surface area (TPSA) is 91.4 Å². The molecule has 0 saturated carbocycles. The third kappa shape index (κ3) is 1.83. The fourth-order valence-corrected chi connectivity index (χ4v) is 2.48. The second kappa shape index (κ2) is 4.04. The van der Waals surface area contributed by atoms with Crippen LogP contribution in [0.2, 0.25) is 0 Å². The van der Waals surface area contributed by atoms with Crippen molar-refractivity contribution >= 4 is 17.8 Å². The number of pyridine rings is 1. The summed E-state index contributed by atoms with van der Waals surface area (Å²) in [7, 11) is 0. The van der Waals surface area contributed by atoms with E-state index in [9.17, 15) is 14.4 Å². The molecule has 7 nitrogen and oxygen atoms in total. The maximum atomic E-state index is 12.2. The molecule has 1 atom stereocenters. The van der Waals surface area contributed by atoms with Crippen LogP contribution in [0.4, 0.5) is 4.79 Å². The Morgan fingerprint density at radius 1 is 1.32 bits per heavy atom. The van der Waals surface area contributed by atoms with Gasteiger partial charge in [-0.3, -0.25) is 19.9 Å². The van der Waals surface area contributed by atoms with Crippen molar-refractivity contribution in [2.45, 2.75) is 12.0 Å². The first-order valence-corrected chi connectivity index (χ1v) is 5.94. The molecule has 1 aromatic heterocycles. The van der Waals surface area contributed by atoms with Crippen LogP contribution in [-0.4, -0.2) is 46.4 Å². The Balaban J connectivity index is 1.78. The third-order valence-corrected chi connectivity index (χ3v) is 3.50. The minimum atomic E-state index is -0.959. The van der Waals surface area contributed by atoms with E-state index in [-0.39, 0.29) is 18.4 Å². The van der Waals surface area contributed by atoms with Gasteiger partial charge in [0.1, 0.15) is 5.54 Å². The molecule has 2 fully saturated rings. The number of rotatable bonds is 1. The van der Waals surface area contributed by atoms with Gasteiger partial charge in [-0.15, -0.1) is 0 Å². The second-order valence-corrected chi connectivity index (χ2v) is 4.70. The Hall–Kier alpha value is -2.44. The second-order valence-electron chi connectivity index (χ2n) is 4.70. The molecular weight excluding hydrogens is 248 g/mol. The molecule has 2 aliphatic rings. The van der Waals surface area contributed by atoms with Crippen LogP contribution in [0, 0.1) is 0 Å². The van der Waals surface area contributed by atoms with Crippen molar-refractivity contribution < 1.29 is 14.4 Å². The van der Waals surface area contributed by atoms with Crippen LogP contribution in [0.15, 0.2) is 24.5 Å². The van der Waals surface area contributed by atoms with Crippen LogP contribution in [0.5, 0.6) is 0 Å². The molecule has 98 valence electrons.